The molecule has 1 unspecified atom stereocenters. The van der Waals surface area contributed by atoms with Crippen LogP contribution in [0, 0.1) is 11.8 Å². The summed E-state index contributed by atoms with van der Waals surface area (Å²) in [5, 5.41) is 0. The molecular weight excluding hydrogens is 198 g/mol. The first kappa shape index (κ1) is 14.0. The summed E-state index contributed by atoms with van der Waals surface area (Å²) < 4.78 is 6.36. The molecule has 1 fully saturated rings. The number of rotatable bonds is 4. The van der Waals surface area contributed by atoms with E-state index in [0.717, 1.165) is 6.54 Å². The van der Waals surface area contributed by atoms with Crippen LogP contribution in [-0.2, 0) is 4.74 Å². The van der Waals surface area contributed by atoms with Gasteiger partial charge >= 0.3 is 0 Å². The Morgan fingerprint density at radius 3 is 2.19 bits per heavy atom. The third kappa shape index (κ3) is 2.14. The molecule has 1 saturated heterocycles. The first-order chi connectivity index (χ1) is 7.36. The minimum atomic E-state index is -0.0532. The molecule has 0 bridgehead atoms. The van der Waals surface area contributed by atoms with Crippen molar-refractivity contribution in [1.29, 1.82) is 0 Å². The molecule has 1 aliphatic heterocycles. The molecule has 0 spiro atoms. The van der Waals surface area contributed by atoms with Crippen molar-refractivity contribution in [3.8, 4) is 0 Å². The first-order valence-electron chi connectivity index (χ1n) is 6.80. The van der Waals surface area contributed by atoms with Gasteiger partial charge in [0.25, 0.3) is 0 Å². The van der Waals surface area contributed by atoms with Crippen LogP contribution in [0.3, 0.4) is 0 Å². The second-order valence-electron chi connectivity index (χ2n) is 5.89. The lowest BCUT2D eigenvalue weighted by molar-refractivity contribution is -0.176. The van der Waals surface area contributed by atoms with Crippen LogP contribution in [0.25, 0.3) is 0 Å². The van der Waals surface area contributed by atoms with Crippen LogP contribution in [0.5, 0.6) is 0 Å². The third-order valence-corrected chi connectivity index (χ3v) is 4.06. The van der Waals surface area contributed by atoms with Gasteiger partial charge in [0.1, 0.15) is 5.72 Å². The molecule has 0 saturated carbocycles. The molecule has 3 atom stereocenters. The summed E-state index contributed by atoms with van der Waals surface area (Å²) in [5.74, 6) is 1.12. The zero-order valence-corrected chi connectivity index (χ0v) is 12.1. The van der Waals surface area contributed by atoms with Crippen LogP contribution in [-0.4, -0.2) is 29.3 Å². The second kappa shape index (κ2) is 5.05. The Balaban J connectivity index is 3.06. The summed E-state index contributed by atoms with van der Waals surface area (Å²) in [6, 6.07) is 0.557. The fraction of sp³-hybridized carbons (Fsp3) is 1.00. The Kier molecular flexibility index (Phi) is 4.42. The molecule has 1 aliphatic rings. The Labute approximate surface area is 101 Å². The van der Waals surface area contributed by atoms with Crippen LogP contribution < -0.4 is 0 Å². The number of nitrogens with zero attached hydrogens (tertiary/aromatic N) is 1. The van der Waals surface area contributed by atoms with E-state index in [-0.39, 0.29) is 5.72 Å². The van der Waals surface area contributed by atoms with Crippen molar-refractivity contribution in [1.82, 2.24) is 4.90 Å². The summed E-state index contributed by atoms with van der Waals surface area (Å²) in [4.78, 5) is 2.57. The van der Waals surface area contributed by atoms with Gasteiger partial charge in [0, 0.05) is 12.6 Å². The Bertz CT molecular complexity index is 227. The molecule has 1 heterocycles. The fourth-order valence-electron chi connectivity index (χ4n) is 3.19. The highest BCUT2D eigenvalue weighted by atomic mass is 16.5. The molecule has 0 N–H and O–H groups in total. The standard InChI is InChI=1S/C14H29NO/c1-8-12(6)14(10(2)3)15(11(4)5)9-13(7)16-14/h10-13H,8-9H2,1-7H3/t12?,13-,14+/m0/s1. The average Bonchev–Trinajstić information content (AvgIpc) is 2.56. The van der Waals surface area contributed by atoms with E-state index in [2.05, 4.69) is 53.4 Å². The van der Waals surface area contributed by atoms with Gasteiger partial charge in [-0.3, -0.25) is 4.90 Å². The monoisotopic (exact) mass is 227 g/mol. The average molecular weight is 227 g/mol. The largest absolute Gasteiger partial charge is 0.356 e. The Morgan fingerprint density at radius 1 is 1.25 bits per heavy atom. The number of hydrogen-bond donors (Lipinski definition) is 0. The lowest BCUT2D eigenvalue weighted by Gasteiger charge is -2.46. The minimum absolute atomic E-state index is 0.0532. The quantitative estimate of drug-likeness (QED) is 0.728. The van der Waals surface area contributed by atoms with Gasteiger partial charge in [0.05, 0.1) is 6.10 Å². The topological polar surface area (TPSA) is 12.5 Å². The normalized spacial score (nSPS) is 33.9. The van der Waals surface area contributed by atoms with Crippen molar-refractivity contribution in [2.45, 2.75) is 72.8 Å². The first-order valence-corrected chi connectivity index (χ1v) is 6.80. The minimum Gasteiger partial charge on any atom is -0.356 e. The molecule has 0 amide bonds. The Morgan fingerprint density at radius 2 is 1.81 bits per heavy atom. The van der Waals surface area contributed by atoms with Crippen molar-refractivity contribution in [3.05, 3.63) is 0 Å². The predicted molar refractivity (Wildman–Crippen MR) is 69.4 cm³/mol. The highest BCUT2D eigenvalue weighted by Gasteiger charge is 2.51. The molecule has 96 valence electrons. The van der Waals surface area contributed by atoms with Gasteiger partial charge in [-0.1, -0.05) is 27.7 Å². The van der Waals surface area contributed by atoms with Crippen LogP contribution in [0.15, 0.2) is 0 Å². The lowest BCUT2D eigenvalue weighted by Crippen LogP contribution is -2.56. The van der Waals surface area contributed by atoms with Gasteiger partial charge in [-0.2, -0.15) is 0 Å². The summed E-state index contributed by atoms with van der Waals surface area (Å²) in [5.41, 5.74) is -0.0532. The van der Waals surface area contributed by atoms with E-state index >= 15 is 0 Å². The van der Waals surface area contributed by atoms with Crippen LogP contribution in [0.2, 0.25) is 0 Å². The molecular formula is C14H29NO. The van der Waals surface area contributed by atoms with Crippen molar-refractivity contribution in [2.75, 3.05) is 6.54 Å². The van der Waals surface area contributed by atoms with Crippen LogP contribution in [0.1, 0.15) is 54.9 Å². The van der Waals surface area contributed by atoms with Gasteiger partial charge in [-0.25, -0.2) is 0 Å². The summed E-state index contributed by atoms with van der Waals surface area (Å²) >= 11 is 0. The van der Waals surface area contributed by atoms with Crippen molar-refractivity contribution < 1.29 is 4.74 Å². The van der Waals surface area contributed by atoms with E-state index < -0.39 is 0 Å². The van der Waals surface area contributed by atoms with E-state index in [1.807, 2.05) is 0 Å². The SMILES string of the molecule is CCC(C)[C@@]1(C(C)C)O[C@@H](C)CN1C(C)C. The highest BCUT2D eigenvalue weighted by molar-refractivity contribution is 4.96. The second-order valence-corrected chi connectivity index (χ2v) is 5.89. The molecule has 0 aromatic heterocycles. The van der Waals surface area contributed by atoms with E-state index in [4.69, 9.17) is 4.74 Å². The maximum absolute atomic E-state index is 6.36. The van der Waals surface area contributed by atoms with E-state index in [0.29, 0.717) is 24.0 Å². The van der Waals surface area contributed by atoms with E-state index in [9.17, 15) is 0 Å². The third-order valence-electron chi connectivity index (χ3n) is 4.06. The molecule has 1 rings (SSSR count). The molecule has 16 heavy (non-hydrogen) atoms. The zero-order valence-electron chi connectivity index (χ0n) is 12.1. The Hall–Kier alpha value is -0.0800. The van der Waals surface area contributed by atoms with E-state index in [1.54, 1.807) is 0 Å². The summed E-state index contributed by atoms with van der Waals surface area (Å²) in [6.45, 7) is 17.0. The van der Waals surface area contributed by atoms with Crippen LogP contribution >= 0.6 is 0 Å². The summed E-state index contributed by atoms with van der Waals surface area (Å²) in [6.07, 6.45) is 1.53. The van der Waals surface area contributed by atoms with Gasteiger partial charge in [0.2, 0.25) is 0 Å². The maximum Gasteiger partial charge on any atom is 0.127 e. The predicted octanol–water partition coefficient (Wildman–Crippen LogP) is 3.51. The van der Waals surface area contributed by atoms with Crippen molar-refractivity contribution >= 4 is 0 Å². The number of hydrogen-bond acceptors (Lipinski definition) is 2. The fourth-order valence-corrected chi connectivity index (χ4v) is 3.19. The van der Waals surface area contributed by atoms with Gasteiger partial charge in [-0.15, -0.1) is 0 Å². The molecule has 0 radical (unpaired) electrons. The van der Waals surface area contributed by atoms with Gasteiger partial charge in [0.15, 0.2) is 0 Å². The molecule has 0 aliphatic carbocycles. The summed E-state index contributed by atoms with van der Waals surface area (Å²) in [7, 11) is 0. The molecule has 0 aromatic rings. The van der Waals surface area contributed by atoms with E-state index in [1.165, 1.54) is 6.42 Å². The van der Waals surface area contributed by atoms with Crippen LogP contribution in [0.4, 0.5) is 0 Å². The molecule has 2 nitrogen and oxygen atoms in total. The lowest BCUT2D eigenvalue weighted by atomic mass is 9.83. The highest BCUT2D eigenvalue weighted by Crippen LogP contribution is 2.42. The maximum atomic E-state index is 6.36. The van der Waals surface area contributed by atoms with Crippen molar-refractivity contribution in [2.24, 2.45) is 11.8 Å². The molecule has 2 heteroatoms. The van der Waals surface area contributed by atoms with Gasteiger partial charge in [-0.05, 0) is 39.0 Å². The number of ether oxygens (including phenoxy) is 1. The van der Waals surface area contributed by atoms with Crippen molar-refractivity contribution in [3.63, 3.8) is 0 Å². The zero-order chi connectivity index (χ0) is 12.5. The smallest absolute Gasteiger partial charge is 0.127 e. The molecule has 0 aromatic carbocycles. The van der Waals surface area contributed by atoms with Gasteiger partial charge < -0.3 is 4.74 Å².